The highest BCUT2D eigenvalue weighted by Crippen LogP contribution is 2.13. The molecule has 0 heterocycles. The number of hydrogen-bond acceptors (Lipinski definition) is 2. The maximum atomic E-state index is 10.8. The van der Waals surface area contributed by atoms with Crippen LogP contribution in [-0.4, -0.2) is 12.6 Å². The molecule has 0 spiro atoms. The predicted octanol–water partition coefficient (Wildman–Crippen LogP) is 2.58. The fourth-order valence-corrected chi connectivity index (χ4v) is 1.40. The van der Waals surface area contributed by atoms with Crippen LogP contribution in [0.3, 0.4) is 0 Å². The molecule has 0 aliphatic heterocycles. The molecule has 0 saturated heterocycles. The molecule has 80 valence electrons. The minimum atomic E-state index is -0.361. The molecule has 2 heteroatoms. The van der Waals surface area contributed by atoms with Crippen LogP contribution < -0.4 is 0 Å². The van der Waals surface area contributed by atoms with Crippen molar-refractivity contribution in [2.45, 2.75) is 20.3 Å². The van der Waals surface area contributed by atoms with Gasteiger partial charge >= 0.3 is 5.97 Å². The van der Waals surface area contributed by atoms with Crippen LogP contribution in [0.4, 0.5) is 0 Å². The summed E-state index contributed by atoms with van der Waals surface area (Å²) in [5.74, 6) is -0.361. The van der Waals surface area contributed by atoms with E-state index in [1.165, 1.54) is 22.8 Å². The van der Waals surface area contributed by atoms with E-state index in [0.717, 1.165) is 6.42 Å². The van der Waals surface area contributed by atoms with E-state index in [4.69, 9.17) is 4.74 Å². The fourth-order valence-electron chi connectivity index (χ4n) is 1.40. The Balaban J connectivity index is 2.54. The van der Waals surface area contributed by atoms with Crippen molar-refractivity contribution in [3.8, 4) is 0 Å². The molecular weight excluding hydrogens is 188 g/mol. The van der Waals surface area contributed by atoms with Crippen LogP contribution in [0.25, 0.3) is 0 Å². The van der Waals surface area contributed by atoms with E-state index < -0.39 is 0 Å². The standard InChI is InChI=1S/C13H16O2/c1-4-13(14)15-9-8-12-7-5-6-10(2)11(12)3/h4-7H,1,8-9H2,2-3H3. The molecule has 2 nitrogen and oxygen atoms in total. The van der Waals surface area contributed by atoms with Gasteiger partial charge in [0.1, 0.15) is 0 Å². The summed E-state index contributed by atoms with van der Waals surface area (Å²) in [7, 11) is 0. The van der Waals surface area contributed by atoms with Crippen molar-refractivity contribution in [1.82, 2.24) is 0 Å². The molecule has 15 heavy (non-hydrogen) atoms. The molecule has 1 rings (SSSR count). The molecule has 0 amide bonds. The minimum Gasteiger partial charge on any atom is -0.462 e. The number of ether oxygens (including phenoxy) is 1. The zero-order chi connectivity index (χ0) is 11.3. The van der Waals surface area contributed by atoms with Crippen LogP contribution in [-0.2, 0) is 16.0 Å². The van der Waals surface area contributed by atoms with Crippen molar-refractivity contribution in [2.75, 3.05) is 6.61 Å². The summed E-state index contributed by atoms with van der Waals surface area (Å²) < 4.78 is 4.93. The monoisotopic (exact) mass is 204 g/mol. The SMILES string of the molecule is C=CC(=O)OCCc1cccc(C)c1C. The Morgan fingerprint density at radius 3 is 2.87 bits per heavy atom. The summed E-state index contributed by atoms with van der Waals surface area (Å²) in [5, 5.41) is 0. The van der Waals surface area contributed by atoms with E-state index in [1.54, 1.807) is 0 Å². The minimum absolute atomic E-state index is 0.361. The van der Waals surface area contributed by atoms with E-state index >= 15 is 0 Å². The zero-order valence-corrected chi connectivity index (χ0v) is 9.25. The van der Waals surface area contributed by atoms with Crippen molar-refractivity contribution in [3.63, 3.8) is 0 Å². The third-order valence-corrected chi connectivity index (χ3v) is 2.50. The highest BCUT2D eigenvalue weighted by molar-refractivity contribution is 5.81. The summed E-state index contributed by atoms with van der Waals surface area (Å²) in [4.78, 5) is 10.8. The normalized spacial score (nSPS) is 9.73. The van der Waals surface area contributed by atoms with Gasteiger partial charge < -0.3 is 4.74 Å². The maximum Gasteiger partial charge on any atom is 0.330 e. The summed E-state index contributed by atoms with van der Waals surface area (Å²) in [6, 6.07) is 6.16. The quantitative estimate of drug-likeness (QED) is 0.556. The molecule has 0 atom stereocenters. The Bertz CT molecular complexity index is 367. The molecule has 0 N–H and O–H groups in total. The fraction of sp³-hybridized carbons (Fsp3) is 0.308. The van der Waals surface area contributed by atoms with Gasteiger partial charge in [0.25, 0.3) is 0 Å². The van der Waals surface area contributed by atoms with Crippen LogP contribution in [0, 0.1) is 13.8 Å². The van der Waals surface area contributed by atoms with Gasteiger partial charge in [-0.25, -0.2) is 4.79 Å². The van der Waals surface area contributed by atoms with Crippen molar-refractivity contribution in [3.05, 3.63) is 47.5 Å². The van der Waals surface area contributed by atoms with Gasteiger partial charge in [-0.1, -0.05) is 24.8 Å². The number of aryl methyl sites for hydroxylation is 1. The van der Waals surface area contributed by atoms with Crippen LogP contribution in [0.5, 0.6) is 0 Å². The predicted molar refractivity (Wildman–Crippen MR) is 60.8 cm³/mol. The molecule has 0 bridgehead atoms. The smallest absolute Gasteiger partial charge is 0.330 e. The first-order chi connectivity index (χ1) is 7.15. The van der Waals surface area contributed by atoms with Crippen LogP contribution in [0.1, 0.15) is 16.7 Å². The lowest BCUT2D eigenvalue weighted by molar-refractivity contribution is -0.137. The molecule has 0 saturated carbocycles. The summed E-state index contributed by atoms with van der Waals surface area (Å²) in [6.45, 7) is 7.92. The van der Waals surface area contributed by atoms with Gasteiger partial charge in [-0.3, -0.25) is 0 Å². The van der Waals surface area contributed by atoms with Crippen molar-refractivity contribution < 1.29 is 9.53 Å². The molecule has 0 radical (unpaired) electrons. The molecule has 0 aliphatic carbocycles. The van der Waals surface area contributed by atoms with Crippen LogP contribution in [0.2, 0.25) is 0 Å². The number of carbonyl (C=O) groups is 1. The third kappa shape index (κ3) is 3.24. The second kappa shape index (κ2) is 5.35. The van der Waals surface area contributed by atoms with Crippen molar-refractivity contribution in [2.24, 2.45) is 0 Å². The first-order valence-electron chi connectivity index (χ1n) is 4.99. The van der Waals surface area contributed by atoms with Gasteiger partial charge in [0.2, 0.25) is 0 Å². The molecule has 0 fully saturated rings. The van der Waals surface area contributed by atoms with E-state index in [0.29, 0.717) is 6.61 Å². The van der Waals surface area contributed by atoms with Gasteiger partial charge in [-0.05, 0) is 30.5 Å². The van der Waals surface area contributed by atoms with Gasteiger partial charge in [-0.2, -0.15) is 0 Å². The Labute approximate surface area is 90.6 Å². The average Bonchev–Trinajstić information content (AvgIpc) is 2.24. The summed E-state index contributed by atoms with van der Waals surface area (Å²) >= 11 is 0. The zero-order valence-electron chi connectivity index (χ0n) is 9.25. The van der Waals surface area contributed by atoms with Gasteiger partial charge in [-0.15, -0.1) is 0 Å². The lowest BCUT2D eigenvalue weighted by Crippen LogP contribution is -2.05. The van der Waals surface area contributed by atoms with Gasteiger partial charge in [0.05, 0.1) is 6.61 Å². The molecule has 1 aromatic rings. The summed E-state index contributed by atoms with van der Waals surface area (Å²) in [5.41, 5.74) is 3.77. The molecule has 0 aliphatic rings. The van der Waals surface area contributed by atoms with Gasteiger partial charge in [0.15, 0.2) is 0 Å². The lowest BCUT2D eigenvalue weighted by atomic mass is 10.0. The van der Waals surface area contributed by atoms with Crippen molar-refractivity contribution in [1.29, 1.82) is 0 Å². The van der Waals surface area contributed by atoms with E-state index in [2.05, 4.69) is 32.6 Å². The number of rotatable bonds is 4. The number of carbonyl (C=O) groups excluding carboxylic acids is 1. The van der Waals surface area contributed by atoms with Crippen LogP contribution >= 0.6 is 0 Å². The number of benzene rings is 1. The molecule has 0 aromatic heterocycles. The van der Waals surface area contributed by atoms with Gasteiger partial charge in [0, 0.05) is 12.5 Å². The average molecular weight is 204 g/mol. The Morgan fingerprint density at radius 1 is 1.47 bits per heavy atom. The Kier molecular flexibility index (Phi) is 4.10. The Hall–Kier alpha value is -1.57. The second-order valence-corrected chi connectivity index (χ2v) is 3.48. The Morgan fingerprint density at radius 2 is 2.20 bits per heavy atom. The van der Waals surface area contributed by atoms with Crippen molar-refractivity contribution >= 4 is 5.97 Å². The van der Waals surface area contributed by atoms with E-state index in [1.807, 2.05) is 6.07 Å². The first-order valence-corrected chi connectivity index (χ1v) is 4.99. The van der Waals surface area contributed by atoms with Crippen LogP contribution in [0.15, 0.2) is 30.9 Å². The number of esters is 1. The van der Waals surface area contributed by atoms with E-state index in [-0.39, 0.29) is 5.97 Å². The highest BCUT2D eigenvalue weighted by Gasteiger charge is 2.01. The second-order valence-electron chi connectivity index (χ2n) is 3.48. The first kappa shape index (κ1) is 11.5. The molecule has 1 aromatic carbocycles. The molecular formula is C13H16O2. The van der Waals surface area contributed by atoms with E-state index in [9.17, 15) is 4.79 Å². The molecule has 0 unspecified atom stereocenters. The topological polar surface area (TPSA) is 26.3 Å². The highest BCUT2D eigenvalue weighted by atomic mass is 16.5. The lowest BCUT2D eigenvalue weighted by Gasteiger charge is -2.08. The summed E-state index contributed by atoms with van der Waals surface area (Å²) in [6.07, 6.45) is 1.94. The third-order valence-electron chi connectivity index (χ3n) is 2.50. The maximum absolute atomic E-state index is 10.8. The largest absolute Gasteiger partial charge is 0.462 e. The number of hydrogen-bond donors (Lipinski definition) is 0.